The fourth-order valence-electron chi connectivity index (χ4n) is 1.23. The average molecular weight is 229 g/mol. The monoisotopic (exact) mass is 229 g/mol. The summed E-state index contributed by atoms with van der Waals surface area (Å²) in [6, 6.07) is 0. The molecular formula is C9H15N3O2S. The van der Waals surface area contributed by atoms with Gasteiger partial charge in [0.15, 0.2) is 0 Å². The largest absolute Gasteiger partial charge is 0.462 e. The fourth-order valence-corrected chi connectivity index (χ4v) is 1.80. The van der Waals surface area contributed by atoms with Gasteiger partial charge in [-0.3, -0.25) is 0 Å². The molecule has 0 unspecified atom stereocenters. The zero-order valence-corrected chi connectivity index (χ0v) is 9.93. The number of nitrogens with two attached hydrogens (primary N) is 1. The summed E-state index contributed by atoms with van der Waals surface area (Å²) in [6.07, 6.45) is 1.85. The second-order valence-electron chi connectivity index (χ2n) is 2.81. The van der Waals surface area contributed by atoms with E-state index in [9.17, 15) is 4.79 Å². The number of carbonyl (C=O) groups excluding carboxylic acids is 1. The average Bonchev–Trinajstić information content (AvgIpc) is 2.55. The third-order valence-corrected chi connectivity index (χ3v) is 2.60. The van der Waals surface area contributed by atoms with Crippen molar-refractivity contribution in [3.8, 4) is 0 Å². The third-order valence-electron chi connectivity index (χ3n) is 1.93. The topological polar surface area (TPSA) is 70.1 Å². The molecule has 0 saturated heterocycles. The highest BCUT2D eigenvalue weighted by atomic mass is 32.2. The van der Waals surface area contributed by atoms with Gasteiger partial charge in [0.2, 0.25) is 0 Å². The van der Waals surface area contributed by atoms with Crippen molar-refractivity contribution in [3.05, 3.63) is 5.56 Å². The van der Waals surface area contributed by atoms with Crippen molar-refractivity contribution < 1.29 is 9.53 Å². The molecule has 0 aromatic carbocycles. The van der Waals surface area contributed by atoms with E-state index in [1.54, 1.807) is 11.6 Å². The third kappa shape index (κ3) is 2.26. The van der Waals surface area contributed by atoms with Crippen molar-refractivity contribution >= 4 is 23.5 Å². The number of anilines is 1. The highest BCUT2D eigenvalue weighted by molar-refractivity contribution is 7.98. The quantitative estimate of drug-likeness (QED) is 0.624. The van der Waals surface area contributed by atoms with Crippen LogP contribution in [-0.4, -0.2) is 28.6 Å². The van der Waals surface area contributed by atoms with Gasteiger partial charge in [-0.05, 0) is 20.1 Å². The van der Waals surface area contributed by atoms with Gasteiger partial charge in [-0.1, -0.05) is 0 Å². The van der Waals surface area contributed by atoms with Gasteiger partial charge in [-0.2, -0.15) is 5.10 Å². The molecule has 0 aliphatic rings. The molecule has 0 amide bonds. The molecule has 2 N–H and O–H groups in total. The van der Waals surface area contributed by atoms with E-state index in [1.807, 2.05) is 13.2 Å². The maximum Gasteiger partial charge on any atom is 0.344 e. The molecular weight excluding hydrogens is 214 g/mol. The fraction of sp³-hybridized carbons (Fsp3) is 0.556. The Hall–Kier alpha value is -1.17. The highest BCUT2D eigenvalue weighted by Crippen LogP contribution is 2.25. The number of aromatic nitrogens is 2. The van der Waals surface area contributed by atoms with E-state index in [0.717, 1.165) is 0 Å². The lowest BCUT2D eigenvalue weighted by Crippen LogP contribution is -2.09. The van der Waals surface area contributed by atoms with Crippen LogP contribution in [0.15, 0.2) is 5.03 Å². The molecule has 1 rings (SSSR count). The van der Waals surface area contributed by atoms with E-state index < -0.39 is 5.97 Å². The minimum Gasteiger partial charge on any atom is -0.462 e. The lowest BCUT2D eigenvalue weighted by atomic mass is 10.3. The number of esters is 1. The van der Waals surface area contributed by atoms with E-state index in [-0.39, 0.29) is 0 Å². The van der Waals surface area contributed by atoms with Crippen molar-refractivity contribution in [2.45, 2.75) is 25.4 Å². The lowest BCUT2D eigenvalue weighted by molar-refractivity contribution is 0.0523. The van der Waals surface area contributed by atoms with E-state index >= 15 is 0 Å². The summed E-state index contributed by atoms with van der Waals surface area (Å²) in [5, 5.41) is 4.82. The number of rotatable bonds is 4. The second-order valence-corrected chi connectivity index (χ2v) is 3.60. The van der Waals surface area contributed by atoms with Gasteiger partial charge in [-0.25, -0.2) is 9.48 Å². The maximum atomic E-state index is 11.6. The van der Waals surface area contributed by atoms with Gasteiger partial charge in [0, 0.05) is 6.54 Å². The number of aryl methyl sites for hydroxylation is 1. The summed E-state index contributed by atoms with van der Waals surface area (Å²) in [6.45, 7) is 4.65. The van der Waals surface area contributed by atoms with Gasteiger partial charge >= 0.3 is 5.97 Å². The Balaban J connectivity index is 3.13. The standard InChI is InChI=1S/C9H15N3O2S/c1-4-12-7(10)6(8(11-12)15-3)9(13)14-5-2/h4-5,10H2,1-3H3. The molecule has 1 heterocycles. The van der Waals surface area contributed by atoms with Gasteiger partial charge < -0.3 is 10.5 Å². The van der Waals surface area contributed by atoms with E-state index in [1.165, 1.54) is 11.8 Å². The number of nitrogen functional groups attached to an aromatic ring is 1. The van der Waals surface area contributed by atoms with Crippen LogP contribution in [0.4, 0.5) is 5.82 Å². The van der Waals surface area contributed by atoms with Crippen LogP contribution in [0.2, 0.25) is 0 Å². The zero-order valence-electron chi connectivity index (χ0n) is 9.11. The predicted octanol–water partition coefficient (Wildman–Crippen LogP) is 1.38. The van der Waals surface area contributed by atoms with Crippen LogP contribution in [0.5, 0.6) is 0 Å². The van der Waals surface area contributed by atoms with Crippen LogP contribution in [-0.2, 0) is 11.3 Å². The van der Waals surface area contributed by atoms with Gasteiger partial charge in [0.05, 0.1) is 6.61 Å². The Morgan fingerprint density at radius 1 is 1.60 bits per heavy atom. The molecule has 84 valence electrons. The highest BCUT2D eigenvalue weighted by Gasteiger charge is 2.21. The van der Waals surface area contributed by atoms with Crippen molar-refractivity contribution in [1.82, 2.24) is 9.78 Å². The molecule has 5 nitrogen and oxygen atoms in total. The van der Waals surface area contributed by atoms with Gasteiger partial charge in [0.1, 0.15) is 16.4 Å². The molecule has 0 spiro atoms. The van der Waals surface area contributed by atoms with Crippen LogP contribution in [0.3, 0.4) is 0 Å². The normalized spacial score (nSPS) is 10.3. The number of hydrogen-bond donors (Lipinski definition) is 1. The number of nitrogens with zero attached hydrogens (tertiary/aromatic N) is 2. The van der Waals surface area contributed by atoms with Crippen molar-refractivity contribution in [1.29, 1.82) is 0 Å². The minimum absolute atomic E-state index is 0.337. The molecule has 0 saturated carbocycles. The number of carbonyl (C=O) groups is 1. The molecule has 0 aliphatic heterocycles. The van der Waals surface area contributed by atoms with Gasteiger partial charge in [-0.15, -0.1) is 11.8 Å². The maximum absolute atomic E-state index is 11.6. The van der Waals surface area contributed by atoms with Crippen LogP contribution in [0.25, 0.3) is 0 Å². The van der Waals surface area contributed by atoms with Crippen molar-refractivity contribution in [3.63, 3.8) is 0 Å². The molecule has 0 aliphatic carbocycles. The summed E-state index contributed by atoms with van der Waals surface area (Å²) in [7, 11) is 0. The first kappa shape index (κ1) is 11.9. The van der Waals surface area contributed by atoms with E-state index in [2.05, 4.69) is 5.10 Å². The SMILES string of the molecule is CCOC(=O)c1c(SC)nn(CC)c1N. The summed E-state index contributed by atoms with van der Waals surface area (Å²) in [5.74, 6) is -0.0284. The van der Waals surface area contributed by atoms with Crippen molar-refractivity contribution in [2.75, 3.05) is 18.6 Å². The molecule has 0 radical (unpaired) electrons. The minimum atomic E-state index is -0.404. The summed E-state index contributed by atoms with van der Waals surface area (Å²) < 4.78 is 6.52. The van der Waals surface area contributed by atoms with Crippen LogP contribution >= 0.6 is 11.8 Å². The first-order valence-electron chi connectivity index (χ1n) is 4.73. The Labute approximate surface area is 93.0 Å². The lowest BCUT2D eigenvalue weighted by Gasteiger charge is -2.02. The van der Waals surface area contributed by atoms with Gasteiger partial charge in [0.25, 0.3) is 0 Å². The molecule has 6 heteroatoms. The molecule has 0 fully saturated rings. The Morgan fingerprint density at radius 3 is 2.73 bits per heavy atom. The number of hydrogen-bond acceptors (Lipinski definition) is 5. The molecule has 15 heavy (non-hydrogen) atoms. The zero-order chi connectivity index (χ0) is 11.4. The molecule has 1 aromatic heterocycles. The predicted molar refractivity (Wildman–Crippen MR) is 60.1 cm³/mol. The summed E-state index contributed by atoms with van der Waals surface area (Å²) >= 11 is 1.39. The smallest absolute Gasteiger partial charge is 0.344 e. The van der Waals surface area contributed by atoms with Crippen molar-refractivity contribution in [2.24, 2.45) is 0 Å². The number of ether oxygens (including phenoxy) is 1. The first-order valence-corrected chi connectivity index (χ1v) is 5.95. The van der Waals surface area contributed by atoms with Crippen LogP contribution in [0.1, 0.15) is 24.2 Å². The van der Waals surface area contributed by atoms with Crippen LogP contribution < -0.4 is 5.73 Å². The van der Waals surface area contributed by atoms with Crippen LogP contribution in [0, 0.1) is 0 Å². The van der Waals surface area contributed by atoms with E-state index in [0.29, 0.717) is 29.6 Å². The molecule has 0 atom stereocenters. The summed E-state index contributed by atoms with van der Waals surface area (Å²) in [5.41, 5.74) is 6.19. The summed E-state index contributed by atoms with van der Waals surface area (Å²) in [4.78, 5) is 11.6. The second kappa shape index (κ2) is 5.06. The molecule has 1 aromatic rings. The Bertz CT molecular complexity index is 362. The Morgan fingerprint density at radius 2 is 2.27 bits per heavy atom. The number of thioether (sulfide) groups is 1. The Kier molecular flexibility index (Phi) is 4.02. The molecule has 0 bridgehead atoms. The first-order chi connectivity index (χ1) is 7.15. The van der Waals surface area contributed by atoms with E-state index in [4.69, 9.17) is 10.5 Å².